The van der Waals surface area contributed by atoms with Gasteiger partial charge in [0.25, 0.3) is 0 Å². The summed E-state index contributed by atoms with van der Waals surface area (Å²) in [5.74, 6) is 2.05. The highest BCUT2D eigenvalue weighted by atomic mass is 16.5. The number of urea groups is 1. The highest BCUT2D eigenvalue weighted by Crippen LogP contribution is 2.41. The van der Waals surface area contributed by atoms with Crippen LogP contribution in [0.25, 0.3) is 11.3 Å². The maximum absolute atomic E-state index is 13.1. The highest BCUT2D eigenvalue weighted by Gasteiger charge is 2.24. The van der Waals surface area contributed by atoms with Crippen molar-refractivity contribution in [2.75, 3.05) is 34.5 Å². The van der Waals surface area contributed by atoms with Crippen molar-refractivity contribution < 1.29 is 28.3 Å². The lowest BCUT2D eigenvalue weighted by atomic mass is 10.1. The Balaban J connectivity index is 1.50. The molecule has 2 aromatic carbocycles. The monoisotopic (exact) mass is 481 g/mol. The van der Waals surface area contributed by atoms with E-state index < -0.39 is 0 Å². The van der Waals surface area contributed by atoms with E-state index in [1.165, 1.54) is 0 Å². The van der Waals surface area contributed by atoms with Gasteiger partial charge >= 0.3 is 6.03 Å². The molecular formula is C26H31N3O6. The van der Waals surface area contributed by atoms with E-state index in [0.717, 1.165) is 30.6 Å². The summed E-state index contributed by atoms with van der Waals surface area (Å²) in [6.45, 7) is 1.93. The third-order valence-corrected chi connectivity index (χ3v) is 5.88. The van der Waals surface area contributed by atoms with E-state index in [1.54, 1.807) is 38.4 Å². The Morgan fingerprint density at radius 2 is 1.83 bits per heavy atom. The van der Waals surface area contributed by atoms with E-state index in [2.05, 4.69) is 10.5 Å². The van der Waals surface area contributed by atoms with E-state index >= 15 is 0 Å². The number of rotatable bonds is 10. The van der Waals surface area contributed by atoms with Gasteiger partial charge in [0.15, 0.2) is 17.3 Å². The first kappa shape index (κ1) is 24.4. The maximum atomic E-state index is 13.1. The normalized spacial score (nSPS) is 15.0. The van der Waals surface area contributed by atoms with Crippen LogP contribution < -0.4 is 19.5 Å². The summed E-state index contributed by atoms with van der Waals surface area (Å²) in [6, 6.07) is 15.0. The molecule has 0 aliphatic carbocycles. The van der Waals surface area contributed by atoms with Crippen LogP contribution in [0.3, 0.4) is 0 Å². The van der Waals surface area contributed by atoms with Gasteiger partial charge in [0.2, 0.25) is 5.75 Å². The van der Waals surface area contributed by atoms with Crippen molar-refractivity contribution in [1.29, 1.82) is 0 Å². The van der Waals surface area contributed by atoms with Gasteiger partial charge in [-0.1, -0.05) is 35.5 Å². The topological polar surface area (TPSA) is 95.3 Å². The van der Waals surface area contributed by atoms with Gasteiger partial charge in [0.1, 0.15) is 5.69 Å². The molecule has 1 atom stereocenters. The second-order valence-electron chi connectivity index (χ2n) is 8.26. The Labute approximate surface area is 204 Å². The summed E-state index contributed by atoms with van der Waals surface area (Å²) in [6.07, 6.45) is 1.94. The van der Waals surface area contributed by atoms with E-state index in [9.17, 15) is 4.79 Å². The molecule has 1 saturated heterocycles. The number of aromatic nitrogens is 1. The summed E-state index contributed by atoms with van der Waals surface area (Å²) in [5, 5.41) is 7.21. The van der Waals surface area contributed by atoms with Crippen molar-refractivity contribution >= 4 is 6.03 Å². The van der Waals surface area contributed by atoms with Crippen LogP contribution in [0.1, 0.15) is 24.1 Å². The fourth-order valence-corrected chi connectivity index (χ4v) is 4.08. The number of benzene rings is 2. The number of amides is 2. The molecule has 2 heterocycles. The molecule has 1 aliphatic rings. The first-order chi connectivity index (χ1) is 17.1. The molecular weight excluding hydrogens is 450 g/mol. The van der Waals surface area contributed by atoms with Gasteiger partial charge in [-0.05, 0) is 30.5 Å². The van der Waals surface area contributed by atoms with Crippen molar-refractivity contribution in [2.45, 2.75) is 32.0 Å². The molecule has 0 radical (unpaired) electrons. The molecule has 9 nitrogen and oxygen atoms in total. The van der Waals surface area contributed by atoms with Gasteiger partial charge in [-0.2, -0.15) is 0 Å². The zero-order chi connectivity index (χ0) is 24.6. The van der Waals surface area contributed by atoms with Gasteiger partial charge in [-0.3, -0.25) is 0 Å². The molecule has 0 bridgehead atoms. The number of methoxy groups -OCH3 is 3. The van der Waals surface area contributed by atoms with Crippen LogP contribution in [-0.2, 0) is 17.8 Å². The Morgan fingerprint density at radius 1 is 1.09 bits per heavy atom. The minimum Gasteiger partial charge on any atom is -0.493 e. The van der Waals surface area contributed by atoms with Crippen molar-refractivity contribution in [2.24, 2.45) is 0 Å². The molecule has 35 heavy (non-hydrogen) atoms. The first-order valence-corrected chi connectivity index (χ1v) is 11.6. The summed E-state index contributed by atoms with van der Waals surface area (Å²) in [4.78, 5) is 14.8. The number of carbonyl (C=O) groups excluding carboxylic acids is 1. The zero-order valence-electron chi connectivity index (χ0n) is 20.3. The molecule has 1 aliphatic heterocycles. The molecule has 0 spiro atoms. The summed E-state index contributed by atoms with van der Waals surface area (Å²) in [5.41, 5.74) is 2.38. The minimum absolute atomic E-state index is 0.0129. The van der Waals surface area contributed by atoms with Crippen LogP contribution in [0.4, 0.5) is 4.79 Å². The van der Waals surface area contributed by atoms with E-state index in [4.69, 9.17) is 23.5 Å². The number of hydrogen-bond acceptors (Lipinski definition) is 7. The quantitative estimate of drug-likeness (QED) is 0.462. The number of hydrogen-bond donors (Lipinski definition) is 1. The SMILES string of the molecule is COc1cc(-c2cc(CN(C[C@H]3CCCO3)C(=O)NCc3ccccc3)no2)cc(OC)c1OC. The minimum atomic E-state index is -0.179. The number of ether oxygens (including phenoxy) is 4. The van der Waals surface area contributed by atoms with Crippen LogP contribution in [-0.4, -0.2) is 56.7 Å². The average Bonchev–Trinajstić information content (AvgIpc) is 3.59. The molecule has 1 fully saturated rings. The summed E-state index contributed by atoms with van der Waals surface area (Å²) >= 11 is 0. The fourth-order valence-electron chi connectivity index (χ4n) is 4.08. The fraction of sp³-hybridized carbons (Fsp3) is 0.385. The zero-order valence-corrected chi connectivity index (χ0v) is 20.3. The standard InChI is InChI=1S/C26H31N3O6/c1-31-23-12-19(13-24(32-2)25(23)33-3)22-14-20(28-35-22)16-29(17-21-10-7-11-34-21)26(30)27-15-18-8-5-4-6-9-18/h4-6,8-9,12-14,21H,7,10-11,15-17H2,1-3H3,(H,27,30)/t21-/m1/s1. The van der Waals surface area contributed by atoms with E-state index in [0.29, 0.717) is 41.8 Å². The van der Waals surface area contributed by atoms with Gasteiger partial charge < -0.3 is 33.7 Å². The molecule has 0 saturated carbocycles. The number of carbonyl (C=O) groups is 1. The third-order valence-electron chi connectivity index (χ3n) is 5.88. The molecule has 4 rings (SSSR count). The van der Waals surface area contributed by atoms with Crippen LogP contribution in [0.2, 0.25) is 0 Å². The third kappa shape index (κ3) is 6.05. The lowest BCUT2D eigenvalue weighted by Crippen LogP contribution is -2.43. The van der Waals surface area contributed by atoms with Crippen LogP contribution >= 0.6 is 0 Å². The van der Waals surface area contributed by atoms with Gasteiger partial charge in [0.05, 0.1) is 34.0 Å². The average molecular weight is 482 g/mol. The molecule has 186 valence electrons. The van der Waals surface area contributed by atoms with Crippen LogP contribution in [0.15, 0.2) is 53.1 Å². The molecule has 3 aromatic rings. The Morgan fingerprint density at radius 3 is 2.46 bits per heavy atom. The van der Waals surface area contributed by atoms with Crippen molar-refractivity contribution in [3.63, 3.8) is 0 Å². The lowest BCUT2D eigenvalue weighted by molar-refractivity contribution is 0.0788. The van der Waals surface area contributed by atoms with Crippen molar-refractivity contribution in [3.8, 4) is 28.6 Å². The Kier molecular flexibility index (Phi) is 8.10. The Hall–Kier alpha value is -3.72. The highest BCUT2D eigenvalue weighted by molar-refractivity contribution is 5.74. The summed E-state index contributed by atoms with van der Waals surface area (Å²) in [7, 11) is 4.67. The molecule has 0 unspecified atom stereocenters. The van der Waals surface area contributed by atoms with Gasteiger partial charge in [0, 0.05) is 31.3 Å². The van der Waals surface area contributed by atoms with Gasteiger partial charge in [-0.25, -0.2) is 4.79 Å². The maximum Gasteiger partial charge on any atom is 0.318 e. The predicted molar refractivity (Wildman–Crippen MR) is 130 cm³/mol. The molecule has 2 amide bonds. The molecule has 9 heteroatoms. The number of nitrogens with zero attached hydrogens (tertiary/aromatic N) is 2. The second-order valence-corrected chi connectivity index (χ2v) is 8.26. The van der Waals surface area contributed by atoms with E-state index in [1.807, 2.05) is 36.4 Å². The molecule has 1 aromatic heterocycles. The van der Waals surface area contributed by atoms with Gasteiger partial charge in [-0.15, -0.1) is 0 Å². The first-order valence-electron chi connectivity index (χ1n) is 11.6. The van der Waals surface area contributed by atoms with Crippen molar-refractivity contribution in [1.82, 2.24) is 15.4 Å². The summed E-state index contributed by atoms with van der Waals surface area (Å²) < 4.78 is 27.7. The predicted octanol–water partition coefficient (Wildman–Crippen LogP) is 4.26. The Bertz CT molecular complexity index is 1090. The van der Waals surface area contributed by atoms with Crippen molar-refractivity contribution in [3.05, 3.63) is 59.8 Å². The van der Waals surface area contributed by atoms with Crippen LogP contribution in [0, 0.1) is 0 Å². The largest absolute Gasteiger partial charge is 0.493 e. The van der Waals surface area contributed by atoms with E-state index in [-0.39, 0.29) is 18.7 Å². The smallest absolute Gasteiger partial charge is 0.318 e. The lowest BCUT2D eigenvalue weighted by Gasteiger charge is -2.25. The molecule has 1 N–H and O–H groups in total. The van der Waals surface area contributed by atoms with Crippen LogP contribution in [0.5, 0.6) is 17.2 Å². The second kappa shape index (κ2) is 11.6. The number of nitrogens with one attached hydrogen (secondary N) is 1.